The minimum absolute atomic E-state index is 0.0645. The average Bonchev–Trinajstić information content (AvgIpc) is 2.76. The Morgan fingerprint density at radius 1 is 1.25 bits per heavy atom. The summed E-state index contributed by atoms with van der Waals surface area (Å²) in [5, 5.41) is 0. The number of rotatable bonds is 7. The summed E-state index contributed by atoms with van der Waals surface area (Å²) in [5.74, 6) is 0. The van der Waals surface area contributed by atoms with Crippen LogP contribution >= 0.6 is 22.6 Å². The van der Waals surface area contributed by atoms with Crippen LogP contribution in [0.15, 0.2) is 30.3 Å². The molecule has 1 aliphatic heterocycles. The molecule has 0 aliphatic carbocycles. The van der Waals surface area contributed by atoms with Crippen molar-refractivity contribution in [1.82, 2.24) is 4.90 Å². The summed E-state index contributed by atoms with van der Waals surface area (Å²) < 4.78 is 6.50. The Kier molecular flexibility index (Phi) is 6.13. The first-order chi connectivity index (χ1) is 9.76. The molecule has 1 saturated heterocycles. The van der Waals surface area contributed by atoms with Crippen LogP contribution < -0.4 is 0 Å². The number of carbonyl (C=O) groups is 1. The Bertz CT molecular complexity index is 424. The lowest BCUT2D eigenvalue weighted by atomic mass is 10.0. The van der Waals surface area contributed by atoms with E-state index in [4.69, 9.17) is 4.74 Å². The third kappa shape index (κ3) is 3.87. The van der Waals surface area contributed by atoms with Crippen molar-refractivity contribution in [3.63, 3.8) is 0 Å². The van der Waals surface area contributed by atoms with Gasteiger partial charge >= 0.3 is 6.09 Å². The van der Waals surface area contributed by atoms with E-state index in [1.165, 1.54) is 12.8 Å². The van der Waals surface area contributed by atoms with E-state index in [0.717, 1.165) is 22.8 Å². The van der Waals surface area contributed by atoms with Crippen molar-refractivity contribution >= 4 is 28.7 Å². The first-order valence-electron chi connectivity index (χ1n) is 7.33. The van der Waals surface area contributed by atoms with Crippen LogP contribution in [0, 0.1) is 0 Å². The molecule has 0 unspecified atom stereocenters. The maximum Gasteiger partial charge on any atom is 0.410 e. The Morgan fingerprint density at radius 3 is 2.65 bits per heavy atom. The molecule has 2 atom stereocenters. The van der Waals surface area contributed by atoms with E-state index in [1.807, 2.05) is 23.1 Å². The van der Waals surface area contributed by atoms with Crippen molar-refractivity contribution in [2.24, 2.45) is 0 Å². The largest absolute Gasteiger partial charge is 0.444 e. The normalized spacial score (nSPS) is 22.1. The molecule has 1 aromatic carbocycles. The van der Waals surface area contributed by atoms with Gasteiger partial charge in [-0.1, -0.05) is 72.7 Å². The van der Waals surface area contributed by atoms with Gasteiger partial charge < -0.3 is 4.74 Å². The van der Waals surface area contributed by atoms with E-state index >= 15 is 0 Å². The molecule has 0 spiro atoms. The Morgan fingerprint density at radius 2 is 2.00 bits per heavy atom. The van der Waals surface area contributed by atoms with Crippen LogP contribution in [0.5, 0.6) is 0 Å². The quantitative estimate of drug-likeness (QED) is 0.395. The van der Waals surface area contributed by atoms with Crippen molar-refractivity contribution in [2.45, 2.75) is 51.3 Å². The smallest absolute Gasteiger partial charge is 0.410 e. The van der Waals surface area contributed by atoms with Crippen LogP contribution in [0.1, 0.15) is 38.2 Å². The fourth-order valence-electron chi connectivity index (χ4n) is 2.60. The van der Waals surface area contributed by atoms with Gasteiger partial charge in [-0.3, -0.25) is 4.90 Å². The van der Waals surface area contributed by atoms with Gasteiger partial charge in [0.1, 0.15) is 6.10 Å². The first kappa shape index (κ1) is 15.6. The predicted octanol–water partition coefficient (Wildman–Crippen LogP) is 4.39. The van der Waals surface area contributed by atoms with Gasteiger partial charge in [-0.05, 0) is 18.4 Å². The van der Waals surface area contributed by atoms with Crippen LogP contribution in [-0.2, 0) is 11.3 Å². The minimum atomic E-state index is -0.156. The molecule has 110 valence electrons. The molecule has 0 radical (unpaired) electrons. The number of nitrogens with zero attached hydrogens (tertiary/aromatic N) is 1. The number of carbonyl (C=O) groups excluding carboxylic acids is 1. The number of ether oxygens (including phenoxy) is 1. The second-order valence-corrected chi connectivity index (χ2v) is 6.13. The van der Waals surface area contributed by atoms with Gasteiger partial charge in [0.05, 0.1) is 6.04 Å². The van der Waals surface area contributed by atoms with E-state index in [0.29, 0.717) is 6.54 Å². The Labute approximate surface area is 134 Å². The molecule has 0 N–H and O–H groups in total. The van der Waals surface area contributed by atoms with E-state index in [2.05, 4.69) is 41.6 Å². The molecular formula is C16H22INO2. The number of halogens is 1. The van der Waals surface area contributed by atoms with Crippen LogP contribution in [0.25, 0.3) is 0 Å². The average molecular weight is 387 g/mol. The second-order valence-electron chi connectivity index (χ2n) is 5.25. The zero-order chi connectivity index (χ0) is 14.4. The number of benzene rings is 1. The van der Waals surface area contributed by atoms with Gasteiger partial charge in [0.25, 0.3) is 0 Å². The zero-order valence-electron chi connectivity index (χ0n) is 11.9. The second kappa shape index (κ2) is 7.86. The first-order valence-corrected chi connectivity index (χ1v) is 8.86. The summed E-state index contributed by atoms with van der Waals surface area (Å²) in [6.07, 6.45) is 4.44. The molecular weight excluding hydrogens is 365 g/mol. The molecule has 1 aromatic rings. The standard InChI is InChI=1S/C16H22INO2/c1-2-3-5-10-15-14(11-17)18(16(19)20-15)12-13-8-6-4-7-9-13/h4,6-9,14-15H,2-3,5,10-12H2,1H3/t14-,15+/m0/s1. The van der Waals surface area contributed by atoms with Gasteiger partial charge in [0.2, 0.25) is 0 Å². The topological polar surface area (TPSA) is 29.5 Å². The monoisotopic (exact) mass is 387 g/mol. The van der Waals surface area contributed by atoms with E-state index in [9.17, 15) is 4.79 Å². The van der Waals surface area contributed by atoms with Crippen molar-refractivity contribution < 1.29 is 9.53 Å². The lowest BCUT2D eigenvalue weighted by Crippen LogP contribution is -2.37. The molecule has 2 rings (SSSR count). The minimum Gasteiger partial charge on any atom is -0.444 e. The van der Waals surface area contributed by atoms with Crippen molar-refractivity contribution in [3.8, 4) is 0 Å². The summed E-state index contributed by atoms with van der Waals surface area (Å²) in [4.78, 5) is 14.0. The Hall–Kier alpha value is -0.780. The van der Waals surface area contributed by atoms with Crippen molar-refractivity contribution in [2.75, 3.05) is 4.43 Å². The molecule has 1 aliphatic rings. The Balaban J connectivity index is 1.99. The highest BCUT2D eigenvalue weighted by molar-refractivity contribution is 14.1. The highest BCUT2D eigenvalue weighted by atomic mass is 127. The van der Waals surface area contributed by atoms with Crippen LogP contribution in [0.2, 0.25) is 0 Å². The summed E-state index contributed by atoms with van der Waals surface area (Å²) in [6.45, 7) is 2.84. The molecule has 20 heavy (non-hydrogen) atoms. The lowest BCUT2D eigenvalue weighted by Gasteiger charge is -2.22. The van der Waals surface area contributed by atoms with E-state index in [-0.39, 0.29) is 18.2 Å². The zero-order valence-corrected chi connectivity index (χ0v) is 14.1. The van der Waals surface area contributed by atoms with E-state index in [1.54, 1.807) is 0 Å². The summed E-state index contributed by atoms with van der Waals surface area (Å²) >= 11 is 2.36. The highest BCUT2D eigenvalue weighted by Gasteiger charge is 2.40. The number of hydrogen-bond acceptors (Lipinski definition) is 2. The number of cyclic esters (lactones) is 1. The summed E-state index contributed by atoms with van der Waals surface area (Å²) in [5.41, 5.74) is 1.16. The number of unbranched alkanes of at least 4 members (excludes halogenated alkanes) is 2. The lowest BCUT2D eigenvalue weighted by molar-refractivity contribution is 0.124. The molecule has 0 bridgehead atoms. The van der Waals surface area contributed by atoms with Crippen molar-refractivity contribution in [1.29, 1.82) is 0 Å². The van der Waals surface area contributed by atoms with Gasteiger partial charge in [0.15, 0.2) is 0 Å². The molecule has 4 heteroatoms. The fraction of sp³-hybridized carbons (Fsp3) is 0.562. The van der Waals surface area contributed by atoms with Crippen LogP contribution in [0.3, 0.4) is 0 Å². The summed E-state index contributed by atoms with van der Waals surface area (Å²) in [7, 11) is 0. The maximum absolute atomic E-state index is 12.1. The number of hydrogen-bond donors (Lipinski definition) is 0. The molecule has 3 nitrogen and oxygen atoms in total. The number of alkyl halides is 1. The molecule has 1 heterocycles. The highest BCUT2D eigenvalue weighted by Crippen LogP contribution is 2.27. The number of amides is 1. The van der Waals surface area contributed by atoms with Gasteiger partial charge in [-0.15, -0.1) is 0 Å². The van der Waals surface area contributed by atoms with E-state index < -0.39 is 0 Å². The van der Waals surface area contributed by atoms with Crippen molar-refractivity contribution in [3.05, 3.63) is 35.9 Å². The molecule has 0 aromatic heterocycles. The molecule has 0 saturated carbocycles. The SMILES string of the molecule is CCCCC[C@H]1OC(=O)N(Cc2ccccc2)[C@H]1CI. The predicted molar refractivity (Wildman–Crippen MR) is 89.1 cm³/mol. The summed E-state index contributed by atoms with van der Waals surface area (Å²) in [6, 6.07) is 10.3. The third-order valence-corrected chi connectivity index (χ3v) is 4.66. The maximum atomic E-state index is 12.1. The van der Waals surface area contributed by atoms with Gasteiger partial charge in [-0.2, -0.15) is 0 Å². The van der Waals surface area contributed by atoms with Crippen LogP contribution in [-0.4, -0.2) is 27.6 Å². The fourth-order valence-corrected chi connectivity index (χ4v) is 3.65. The molecule has 1 fully saturated rings. The molecule has 1 amide bonds. The van der Waals surface area contributed by atoms with Crippen LogP contribution in [0.4, 0.5) is 4.79 Å². The third-order valence-electron chi connectivity index (χ3n) is 3.76. The van der Waals surface area contributed by atoms with Gasteiger partial charge in [0, 0.05) is 11.0 Å². The van der Waals surface area contributed by atoms with Gasteiger partial charge in [-0.25, -0.2) is 4.79 Å².